The van der Waals surface area contributed by atoms with E-state index in [0.717, 1.165) is 29.4 Å². The van der Waals surface area contributed by atoms with Crippen molar-refractivity contribution in [2.75, 3.05) is 0 Å². The molecule has 2 aromatic carbocycles. The monoisotopic (exact) mass is 517 g/mol. The number of nitrogens with zero attached hydrogens (tertiary/aromatic N) is 1. The van der Waals surface area contributed by atoms with Crippen molar-refractivity contribution in [3.63, 3.8) is 0 Å². The Balaban J connectivity index is 0.00000150. The SMILES string of the molecule is [Ir].[c-]1cc2c(cc1-c1nccc3ccccc13)C1CC3CC(CC2C3)C1. The van der Waals surface area contributed by atoms with Crippen LogP contribution in [0.3, 0.4) is 0 Å². The van der Waals surface area contributed by atoms with Crippen LogP contribution >= 0.6 is 0 Å². The molecule has 7 rings (SSSR count). The van der Waals surface area contributed by atoms with E-state index in [-0.39, 0.29) is 20.1 Å². The van der Waals surface area contributed by atoms with Gasteiger partial charge < -0.3 is 4.98 Å². The van der Waals surface area contributed by atoms with E-state index in [4.69, 9.17) is 4.98 Å². The fraction of sp³-hybridized carbons (Fsp3) is 0.375. The van der Waals surface area contributed by atoms with E-state index < -0.39 is 0 Å². The molecule has 4 aliphatic rings. The van der Waals surface area contributed by atoms with Crippen LogP contribution in [-0.4, -0.2) is 4.98 Å². The van der Waals surface area contributed by atoms with Gasteiger partial charge in [0, 0.05) is 26.3 Å². The molecule has 0 aliphatic heterocycles. The van der Waals surface area contributed by atoms with Crippen LogP contribution in [0.4, 0.5) is 0 Å². The molecule has 0 spiro atoms. The maximum atomic E-state index is 4.73. The normalized spacial score (nSPS) is 28.5. The first-order chi connectivity index (χ1) is 12.3. The van der Waals surface area contributed by atoms with Crippen LogP contribution < -0.4 is 0 Å². The van der Waals surface area contributed by atoms with Gasteiger partial charge in [0.25, 0.3) is 0 Å². The van der Waals surface area contributed by atoms with Crippen LogP contribution in [0.1, 0.15) is 55.1 Å². The molecule has 2 atom stereocenters. The molecule has 1 aromatic heterocycles. The fourth-order valence-corrected chi connectivity index (χ4v) is 6.06. The molecule has 1 nitrogen and oxygen atoms in total. The van der Waals surface area contributed by atoms with E-state index in [1.807, 2.05) is 6.20 Å². The average molecular weight is 517 g/mol. The number of benzene rings is 2. The maximum absolute atomic E-state index is 4.73. The Morgan fingerprint density at radius 3 is 2.38 bits per heavy atom. The maximum Gasteiger partial charge on any atom is 0.0167 e. The van der Waals surface area contributed by atoms with Gasteiger partial charge in [-0.25, -0.2) is 0 Å². The van der Waals surface area contributed by atoms with Crippen LogP contribution in [0, 0.1) is 17.9 Å². The molecule has 3 aromatic rings. The molecule has 133 valence electrons. The van der Waals surface area contributed by atoms with E-state index in [9.17, 15) is 0 Å². The van der Waals surface area contributed by atoms with Gasteiger partial charge in [-0.2, -0.15) is 0 Å². The molecule has 0 saturated heterocycles. The summed E-state index contributed by atoms with van der Waals surface area (Å²) in [6.07, 6.45) is 9.07. The number of rotatable bonds is 1. The van der Waals surface area contributed by atoms with Gasteiger partial charge in [0.05, 0.1) is 0 Å². The molecule has 1 radical (unpaired) electrons. The van der Waals surface area contributed by atoms with Crippen molar-refractivity contribution in [1.29, 1.82) is 0 Å². The zero-order chi connectivity index (χ0) is 16.4. The van der Waals surface area contributed by atoms with Crippen molar-refractivity contribution in [3.8, 4) is 11.3 Å². The van der Waals surface area contributed by atoms with Gasteiger partial charge >= 0.3 is 0 Å². The molecule has 0 amide bonds. The first-order valence-electron chi connectivity index (χ1n) is 9.75. The van der Waals surface area contributed by atoms with E-state index >= 15 is 0 Å². The molecule has 2 saturated carbocycles. The van der Waals surface area contributed by atoms with Crippen LogP contribution in [0.25, 0.3) is 22.0 Å². The van der Waals surface area contributed by atoms with Crippen molar-refractivity contribution in [2.45, 2.75) is 43.9 Å². The van der Waals surface area contributed by atoms with Crippen LogP contribution in [0.15, 0.2) is 48.7 Å². The Morgan fingerprint density at radius 1 is 0.846 bits per heavy atom. The number of hydrogen-bond acceptors (Lipinski definition) is 1. The van der Waals surface area contributed by atoms with E-state index in [1.54, 1.807) is 11.1 Å². The molecule has 0 N–H and O–H groups in total. The Bertz CT molecular complexity index is 960. The smallest absolute Gasteiger partial charge is 0.0167 e. The summed E-state index contributed by atoms with van der Waals surface area (Å²) in [5.41, 5.74) is 5.50. The molecular formula is C24H22IrN-. The Morgan fingerprint density at radius 2 is 1.58 bits per heavy atom. The van der Waals surface area contributed by atoms with Crippen molar-refractivity contribution in [2.24, 2.45) is 11.8 Å². The standard InChI is InChI=1S/C24H22N.Ir/c1-2-4-22-17(3-1)7-8-25-24(22)18-5-6-21-19-10-15-9-16(11-19)13-20(12-15)23(21)14-18;/h1-4,6-8,14-16,19-20H,9-13H2;/q-1;. The summed E-state index contributed by atoms with van der Waals surface area (Å²) in [7, 11) is 0. The van der Waals surface area contributed by atoms with Crippen LogP contribution in [0.2, 0.25) is 0 Å². The van der Waals surface area contributed by atoms with E-state index in [1.165, 1.54) is 48.4 Å². The van der Waals surface area contributed by atoms with Gasteiger partial charge in [-0.15, -0.1) is 34.9 Å². The summed E-state index contributed by atoms with van der Waals surface area (Å²) in [5, 5.41) is 2.50. The molecule has 4 bridgehead atoms. The molecule has 2 heteroatoms. The second-order valence-electron chi connectivity index (χ2n) is 8.44. The number of hydrogen-bond donors (Lipinski definition) is 0. The van der Waals surface area contributed by atoms with E-state index in [2.05, 4.69) is 48.5 Å². The predicted octanol–water partition coefficient (Wildman–Crippen LogP) is 6.09. The third-order valence-electron chi connectivity index (χ3n) is 6.96. The molecule has 26 heavy (non-hydrogen) atoms. The molecular weight excluding hydrogens is 494 g/mol. The summed E-state index contributed by atoms with van der Waals surface area (Å²) in [5.74, 6) is 3.50. The van der Waals surface area contributed by atoms with Gasteiger partial charge in [-0.3, -0.25) is 0 Å². The van der Waals surface area contributed by atoms with Gasteiger partial charge in [-0.1, -0.05) is 37.1 Å². The predicted molar refractivity (Wildman–Crippen MR) is 102 cm³/mol. The minimum atomic E-state index is 0. The zero-order valence-electron chi connectivity index (χ0n) is 14.7. The first kappa shape index (κ1) is 16.7. The average Bonchev–Trinajstić information content (AvgIpc) is 2.82. The molecule has 2 unspecified atom stereocenters. The summed E-state index contributed by atoms with van der Waals surface area (Å²) < 4.78 is 0. The van der Waals surface area contributed by atoms with E-state index in [0.29, 0.717) is 0 Å². The van der Waals surface area contributed by atoms with Gasteiger partial charge in [-0.05, 0) is 65.5 Å². The summed E-state index contributed by atoms with van der Waals surface area (Å²) in [6, 6.07) is 19.0. The minimum Gasteiger partial charge on any atom is -0.304 e. The quantitative estimate of drug-likeness (QED) is 0.357. The summed E-state index contributed by atoms with van der Waals surface area (Å²) in [4.78, 5) is 4.73. The minimum absolute atomic E-state index is 0. The fourth-order valence-electron chi connectivity index (χ4n) is 6.06. The third kappa shape index (κ3) is 2.50. The van der Waals surface area contributed by atoms with Crippen LogP contribution in [-0.2, 0) is 20.1 Å². The van der Waals surface area contributed by atoms with Crippen molar-refractivity contribution < 1.29 is 20.1 Å². The summed E-state index contributed by atoms with van der Waals surface area (Å²) in [6.45, 7) is 0. The summed E-state index contributed by atoms with van der Waals surface area (Å²) >= 11 is 0. The van der Waals surface area contributed by atoms with Gasteiger partial charge in [0.2, 0.25) is 0 Å². The van der Waals surface area contributed by atoms with Gasteiger partial charge in [0.1, 0.15) is 0 Å². The second kappa shape index (κ2) is 6.29. The Labute approximate surface area is 168 Å². The van der Waals surface area contributed by atoms with Crippen molar-refractivity contribution in [1.82, 2.24) is 4.98 Å². The van der Waals surface area contributed by atoms with Crippen molar-refractivity contribution >= 4 is 10.8 Å². The number of aromatic nitrogens is 1. The van der Waals surface area contributed by atoms with Gasteiger partial charge in [0.15, 0.2) is 0 Å². The van der Waals surface area contributed by atoms with Crippen LogP contribution in [0.5, 0.6) is 0 Å². The Kier molecular flexibility index (Phi) is 4.03. The first-order valence-corrected chi connectivity index (χ1v) is 9.75. The second-order valence-corrected chi connectivity index (χ2v) is 8.44. The third-order valence-corrected chi connectivity index (χ3v) is 6.96. The largest absolute Gasteiger partial charge is 0.304 e. The zero-order valence-corrected chi connectivity index (χ0v) is 17.1. The number of pyridine rings is 1. The molecule has 1 heterocycles. The molecule has 2 fully saturated rings. The Hall–Kier alpha value is -1.50. The topological polar surface area (TPSA) is 12.9 Å². The molecule has 4 aliphatic carbocycles. The van der Waals surface area contributed by atoms with Crippen molar-refractivity contribution in [3.05, 3.63) is 65.9 Å². The number of fused-ring (bicyclic) bond motifs is 1.